The van der Waals surface area contributed by atoms with Crippen LogP contribution in [-0.2, 0) is 4.74 Å². The highest BCUT2D eigenvalue weighted by Crippen LogP contribution is 2.28. The Kier molecular flexibility index (Phi) is 6.50. The third-order valence-corrected chi connectivity index (χ3v) is 4.26. The Balaban J connectivity index is 2.10. The van der Waals surface area contributed by atoms with Crippen LogP contribution in [0, 0.1) is 5.92 Å². The lowest BCUT2D eigenvalue weighted by molar-refractivity contribution is 0.0122. The van der Waals surface area contributed by atoms with Crippen molar-refractivity contribution in [2.45, 2.75) is 77.9 Å². The molecule has 2 atom stereocenters. The van der Waals surface area contributed by atoms with E-state index in [9.17, 15) is 0 Å². The number of rotatable bonds is 7. The van der Waals surface area contributed by atoms with Crippen molar-refractivity contribution in [2.75, 3.05) is 13.2 Å². The molecule has 1 N–H and O–H groups in total. The maximum Gasteiger partial charge on any atom is 0.0594 e. The average molecular weight is 241 g/mol. The molecular formula is C15H31NO. The van der Waals surface area contributed by atoms with Gasteiger partial charge in [0.1, 0.15) is 0 Å². The third-order valence-electron chi connectivity index (χ3n) is 4.26. The molecule has 1 aliphatic rings. The molecule has 0 bridgehead atoms. The maximum absolute atomic E-state index is 5.99. The first kappa shape index (κ1) is 15.0. The van der Waals surface area contributed by atoms with E-state index in [1.807, 2.05) is 0 Å². The molecule has 0 aromatic carbocycles. The smallest absolute Gasteiger partial charge is 0.0594 e. The van der Waals surface area contributed by atoms with E-state index in [2.05, 4.69) is 33.0 Å². The van der Waals surface area contributed by atoms with Gasteiger partial charge in [0, 0.05) is 12.1 Å². The summed E-state index contributed by atoms with van der Waals surface area (Å²) in [6.07, 6.45) is 8.34. The van der Waals surface area contributed by atoms with E-state index in [-0.39, 0.29) is 5.54 Å². The monoisotopic (exact) mass is 241 g/mol. The van der Waals surface area contributed by atoms with Gasteiger partial charge in [0.2, 0.25) is 0 Å². The van der Waals surface area contributed by atoms with E-state index in [1.54, 1.807) is 0 Å². The van der Waals surface area contributed by atoms with Crippen LogP contribution in [0.25, 0.3) is 0 Å². The SMILES string of the molecule is CCC1CCCC(OCCNC(C)(C)CC)C1. The summed E-state index contributed by atoms with van der Waals surface area (Å²) in [4.78, 5) is 0. The topological polar surface area (TPSA) is 21.3 Å². The summed E-state index contributed by atoms with van der Waals surface area (Å²) in [6, 6.07) is 0. The third kappa shape index (κ3) is 5.87. The normalized spacial score (nSPS) is 26.1. The van der Waals surface area contributed by atoms with Crippen molar-refractivity contribution >= 4 is 0 Å². The van der Waals surface area contributed by atoms with Gasteiger partial charge >= 0.3 is 0 Å². The number of hydrogen-bond donors (Lipinski definition) is 1. The molecule has 2 unspecified atom stereocenters. The van der Waals surface area contributed by atoms with Crippen molar-refractivity contribution in [1.29, 1.82) is 0 Å². The lowest BCUT2D eigenvalue weighted by Crippen LogP contribution is -2.41. The summed E-state index contributed by atoms with van der Waals surface area (Å²) in [5.74, 6) is 0.911. The summed E-state index contributed by atoms with van der Waals surface area (Å²) in [6.45, 7) is 10.9. The van der Waals surface area contributed by atoms with Gasteiger partial charge < -0.3 is 10.1 Å². The van der Waals surface area contributed by atoms with Crippen LogP contribution >= 0.6 is 0 Å². The van der Waals surface area contributed by atoms with E-state index in [4.69, 9.17) is 4.74 Å². The molecule has 0 saturated heterocycles. The quantitative estimate of drug-likeness (QED) is 0.685. The molecule has 1 saturated carbocycles. The molecule has 0 aromatic rings. The fourth-order valence-electron chi connectivity index (χ4n) is 2.50. The molecule has 0 aromatic heterocycles. The molecule has 1 aliphatic carbocycles. The zero-order chi connectivity index (χ0) is 12.7. The second-order valence-corrected chi connectivity index (χ2v) is 6.10. The predicted octanol–water partition coefficient (Wildman–Crippen LogP) is 3.75. The Bertz CT molecular complexity index is 203. The second kappa shape index (κ2) is 7.38. The minimum Gasteiger partial charge on any atom is -0.377 e. The summed E-state index contributed by atoms with van der Waals surface area (Å²) in [7, 11) is 0. The number of nitrogens with one attached hydrogen (secondary N) is 1. The van der Waals surface area contributed by atoms with E-state index in [0.29, 0.717) is 6.10 Å². The molecule has 0 amide bonds. The summed E-state index contributed by atoms with van der Waals surface area (Å²) < 4.78 is 5.99. The van der Waals surface area contributed by atoms with Crippen molar-refractivity contribution in [3.05, 3.63) is 0 Å². The molecule has 2 heteroatoms. The van der Waals surface area contributed by atoms with Gasteiger partial charge in [-0.05, 0) is 39.0 Å². The van der Waals surface area contributed by atoms with Crippen molar-refractivity contribution in [3.8, 4) is 0 Å². The highest BCUT2D eigenvalue weighted by Gasteiger charge is 2.21. The van der Waals surface area contributed by atoms with Crippen molar-refractivity contribution in [2.24, 2.45) is 5.92 Å². The first-order valence-electron chi connectivity index (χ1n) is 7.44. The van der Waals surface area contributed by atoms with E-state index >= 15 is 0 Å². The predicted molar refractivity (Wildman–Crippen MR) is 74.4 cm³/mol. The van der Waals surface area contributed by atoms with Crippen LogP contribution in [0.3, 0.4) is 0 Å². The summed E-state index contributed by atoms with van der Waals surface area (Å²) in [5, 5.41) is 3.55. The van der Waals surface area contributed by atoms with E-state index < -0.39 is 0 Å². The zero-order valence-corrected chi connectivity index (χ0v) is 12.2. The van der Waals surface area contributed by atoms with E-state index in [0.717, 1.165) is 25.5 Å². The van der Waals surface area contributed by atoms with Gasteiger partial charge in [0.05, 0.1) is 12.7 Å². The fraction of sp³-hybridized carbons (Fsp3) is 1.00. The van der Waals surface area contributed by atoms with Gasteiger partial charge in [-0.25, -0.2) is 0 Å². The number of ether oxygens (including phenoxy) is 1. The van der Waals surface area contributed by atoms with Crippen LogP contribution < -0.4 is 5.32 Å². The highest BCUT2D eigenvalue weighted by atomic mass is 16.5. The lowest BCUT2D eigenvalue weighted by atomic mass is 9.85. The average Bonchev–Trinajstić information content (AvgIpc) is 2.35. The van der Waals surface area contributed by atoms with Crippen LogP contribution in [0.15, 0.2) is 0 Å². The summed E-state index contributed by atoms with van der Waals surface area (Å²) >= 11 is 0. The van der Waals surface area contributed by atoms with Crippen LogP contribution in [0.1, 0.15) is 66.2 Å². The molecule has 0 aliphatic heterocycles. The van der Waals surface area contributed by atoms with Gasteiger partial charge in [-0.2, -0.15) is 0 Å². The van der Waals surface area contributed by atoms with Crippen LogP contribution in [-0.4, -0.2) is 24.8 Å². The van der Waals surface area contributed by atoms with Gasteiger partial charge in [-0.1, -0.05) is 33.1 Å². The molecule has 2 nitrogen and oxygen atoms in total. The standard InChI is InChI=1S/C15H31NO/c1-5-13-8-7-9-14(12-13)17-11-10-16-15(3,4)6-2/h13-14,16H,5-12H2,1-4H3. The lowest BCUT2D eigenvalue weighted by Gasteiger charge is -2.29. The van der Waals surface area contributed by atoms with E-state index in [1.165, 1.54) is 32.1 Å². The highest BCUT2D eigenvalue weighted by molar-refractivity contribution is 4.75. The minimum absolute atomic E-state index is 0.252. The van der Waals surface area contributed by atoms with Gasteiger partial charge in [0.15, 0.2) is 0 Å². The van der Waals surface area contributed by atoms with Gasteiger partial charge in [0.25, 0.3) is 0 Å². The molecule has 0 heterocycles. The van der Waals surface area contributed by atoms with Crippen LogP contribution in [0.4, 0.5) is 0 Å². The van der Waals surface area contributed by atoms with Gasteiger partial charge in [-0.3, -0.25) is 0 Å². The summed E-state index contributed by atoms with van der Waals surface area (Å²) in [5.41, 5.74) is 0.252. The Morgan fingerprint density at radius 1 is 1.24 bits per heavy atom. The fourth-order valence-corrected chi connectivity index (χ4v) is 2.50. The molecule has 0 radical (unpaired) electrons. The molecule has 1 rings (SSSR count). The van der Waals surface area contributed by atoms with Crippen molar-refractivity contribution < 1.29 is 4.74 Å². The number of hydrogen-bond acceptors (Lipinski definition) is 2. The van der Waals surface area contributed by atoms with Crippen LogP contribution in [0.5, 0.6) is 0 Å². The second-order valence-electron chi connectivity index (χ2n) is 6.10. The zero-order valence-electron chi connectivity index (χ0n) is 12.2. The van der Waals surface area contributed by atoms with Crippen LogP contribution in [0.2, 0.25) is 0 Å². The first-order valence-corrected chi connectivity index (χ1v) is 7.44. The maximum atomic E-state index is 5.99. The molecule has 102 valence electrons. The Hall–Kier alpha value is -0.0800. The molecule has 0 spiro atoms. The Labute approximate surface area is 108 Å². The molecule has 1 fully saturated rings. The molecule has 17 heavy (non-hydrogen) atoms. The largest absolute Gasteiger partial charge is 0.377 e. The molecular weight excluding hydrogens is 210 g/mol. The Morgan fingerprint density at radius 2 is 2.00 bits per heavy atom. The first-order chi connectivity index (χ1) is 8.07. The Morgan fingerprint density at radius 3 is 2.65 bits per heavy atom. The van der Waals surface area contributed by atoms with Crippen molar-refractivity contribution in [3.63, 3.8) is 0 Å². The minimum atomic E-state index is 0.252. The van der Waals surface area contributed by atoms with Crippen molar-refractivity contribution in [1.82, 2.24) is 5.32 Å². The van der Waals surface area contributed by atoms with Gasteiger partial charge in [-0.15, -0.1) is 0 Å².